The average molecular weight is 320 g/mol. The summed E-state index contributed by atoms with van der Waals surface area (Å²) in [7, 11) is 0. The average Bonchev–Trinajstić information content (AvgIpc) is 2.55. The molecule has 2 N–H and O–H groups in total. The minimum Gasteiger partial charge on any atom is -0.489 e. The molecule has 0 spiro atoms. The second-order valence-electron chi connectivity index (χ2n) is 5.19. The summed E-state index contributed by atoms with van der Waals surface area (Å²) < 4.78 is 5.50. The third-order valence-corrected chi connectivity index (χ3v) is 3.62. The number of halogens is 1. The summed E-state index contributed by atoms with van der Waals surface area (Å²) in [4.78, 5) is 0. The van der Waals surface area contributed by atoms with Gasteiger partial charge in [0.2, 0.25) is 0 Å². The van der Waals surface area contributed by atoms with Gasteiger partial charge < -0.3 is 15.2 Å². The number of ether oxygens (including phenoxy) is 1. The lowest BCUT2D eigenvalue weighted by molar-refractivity contribution is 0.106. The number of nitrogens with one attached hydrogen (secondary N) is 1. The SMILES string of the molecule is OC(CNCCCc1ccccc1)COc1ccccc1Cl. The Morgan fingerprint density at radius 1 is 1.05 bits per heavy atom. The Bertz CT molecular complexity index is 548. The van der Waals surface area contributed by atoms with E-state index in [9.17, 15) is 5.11 Å². The van der Waals surface area contributed by atoms with Crippen molar-refractivity contribution >= 4 is 11.6 Å². The van der Waals surface area contributed by atoms with Crippen molar-refractivity contribution in [3.63, 3.8) is 0 Å². The predicted octanol–water partition coefficient (Wildman–Crippen LogP) is 3.30. The van der Waals surface area contributed by atoms with Crippen molar-refractivity contribution in [3.8, 4) is 5.75 Å². The fourth-order valence-electron chi connectivity index (χ4n) is 2.14. The highest BCUT2D eigenvalue weighted by atomic mass is 35.5. The number of aliphatic hydroxyl groups excluding tert-OH is 1. The zero-order valence-corrected chi connectivity index (χ0v) is 13.3. The van der Waals surface area contributed by atoms with Crippen LogP contribution in [0.1, 0.15) is 12.0 Å². The predicted molar refractivity (Wildman–Crippen MR) is 90.6 cm³/mol. The summed E-state index contributed by atoms with van der Waals surface area (Å²) in [5, 5.41) is 13.7. The third-order valence-electron chi connectivity index (χ3n) is 3.31. The van der Waals surface area contributed by atoms with Crippen LogP contribution in [0.5, 0.6) is 5.75 Å². The summed E-state index contributed by atoms with van der Waals surface area (Å²) in [6.07, 6.45) is 1.54. The molecule has 1 unspecified atom stereocenters. The van der Waals surface area contributed by atoms with Crippen LogP contribution < -0.4 is 10.1 Å². The molecule has 0 aliphatic heterocycles. The summed E-state index contributed by atoms with van der Waals surface area (Å²) in [5.41, 5.74) is 1.34. The molecule has 0 saturated carbocycles. The van der Waals surface area contributed by atoms with Gasteiger partial charge in [0, 0.05) is 6.54 Å². The van der Waals surface area contributed by atoms with Gasteiger partial charge in [0.05, 0.1) is 5.02 Å². The van der Waals surface area contributed by atoms with Crippen LogP contribution in [0, 0.1) is 0 Å². The molecule has 4 heteroatoms. The van der Waals surface area contributed by atoms with Crippen LogP contribution in [-0.2, 0) is 6.42 Å². The summed E-state index contributed by atoms with van der Waals surface area (Å²) in [6, 6.07) is 17.7. The third kappa shape index (κ3) is 6.06. The van der Waals surface area contributed by atoms with E-state index in [-0.39, 0.29) is 6.61 Å². The number of rotatable bonds is 9. The van der Waals surface area contributed by atoms with Gasteiger partial charge in [-0.3, -0.25) is 0 Å². The molecular weight excluding hydrogens is 298 g/mol. The second-order valence-corrected chi connectivity index (χ2v) is 5.60. The Labute approximate surface area is 136 Å². The number of hydrogen-bond acceptors (Lipinski definition) is 3. The number of hydrogen-bond donors (Lipinski definition) is 2. The highest BCUT2D eigenvalue weighted by molar-refractivity contribution is 6.32. The first-order chi connectivity index (χ1) is 10.8. The van der Waals surface area contributed by atoms with Crippen LogP contribution in [-0.4, -0.2) is 30.9 Å². The monoisotopic (exact) mass is 319 g/mol. The van der Waals surface area contributed by atoms with Crippen LogP contribution >= 0.6 is 11.6 Å². The van der Waals surface area contributed by atoms with Crippen molar-refractivity contribution in [2.45, 2.75) is 18.9 Å². The zero-order chi connectivity index (χ0) is 15.6. The first kappa shape index (κ1) is 16.8. The molecule has 0 aliphatic carbocycles. The van der Waals surface area contributed by atoms with E-state index in [4.69, 9.17) is 16.3 Å². The topological polar surface area (TPSA) is 41.5 Å². The van der Waals surface area contributed by atoms with Gasteiger partial charge in [-0.05, 0) is 37.1 Å². The number of para-hydroxylation sites is 1. The van der Waals surface area contributed by atoms with Crippen molar-refractivity contribution in [2.24, 2.45) is 0 Å². The molecule has 0 amide bonds. The molecule has 0 fully saturated rings. The minimum atomic E-state index is -0.548. The highest BCUT2D eigenvalue weighted by Crippen LogP contribution is 2.22. The van der Waals surface area contributed by atoms with Crippen LogP contribution in [0.3, 0.4) is 0 Å². The van der Waals surface area contributed by atoms with Gasteiger partial charge in [0.1, 0.15) is 18.5 Å². The van der Waals surface area contributed by atoms with Crippen LogP contribution in [0.4, 0.5) is 0 Å². The van der Waals surface area contributed by atoms with Crippen LogP contribution in [0.25, 0.3) is 0 Å². The van der Waals surface area contributed by atoms with Gasteiger partial charge in [-0.2, -0.15) is 0 Å². The second kappa shape index (κ2) is 9.46. The maximum Gasteiger partial charge on any atom is 0.138 e. The maximum absolute atomic E-state index is 9.89. The molecule has 22 heavy (non-hydrogen) atoms. The van der Waals surface area contributed by atoms with Gasteiger partial charge in [-0.1, -0.05) is 54.1 Å². The van der Waals surface area contributed by atoms with Crippen molar-refractivity contribution in [3.05, 3.63) is 65.2 Å². The van der Waals surface area contributed by atoms with E-state index >= 15 is 0 Å². The molecule has 0 aliphatic rings. The quantitative estimate of drug-likeness (QED) is 0.697. The molecule has 1 atom stereocenters. The Hall–Kier alpha value is -1.55. The standard InChI is InChI=1S/C18H22ClNO2/c19-17-10-4-5-11-18(17)22-14-16(21)13-20-12-6-9-15-7-2-1-3-8-15/h1-5,7-8,10-11,16,20-21H,6,9,12-14H2. The van der Waals surface area contributed by atoms with Gasteiger partial charge in [0.15, 0.2) is 0 Å². The lowest BCUT2D eigenvalue weighted by Gasteiger charge is -2.14. The molecule has 2 rings (SSSR count). The first-order valence-corrected chi connectivity index (χ1v) is 7.93. The lowest BCUT2D eigenvalue weighted by atomic mass is 10.1. The van der Waals surface area contributed by atoms with E-state index in [0.717, 1.165) is 19.4 Å². The van der Waals surface area contributed by atoms with Crippen molar-refractivity contribution in [2.75, 3.05) is 19.7 Å². The van der Waals surface area contributed by atoms with Gasteiger partial charge in [-0.25, -0.2) is 0 Å². The first-order valence-electron chi connectivity index (χ1n) is 7.56. The smallest absolute Gasteiger partial charge is 0.138 e. The van der Waals surface area contributed by atoms with Crippen molar-refractivity contribution in [1.29, 1.82) is 0 Å². The van der Waals surface area contributed by atoms with Crippen molar-refractivity contribution in [1.82, 2.24) is 5.32 Å². The minimum absolute atomic E-state index is 0.232. The van der Waals surface area contributed by atoms with Gasteiger partial charge in [-0.15, -0.1) is 0 Å². The van der Waals surface area contributed by atoms with Crippen LogP contribution in [0.2, 0.25) is 5.02 Å². The number of benzene rings is 2. The molecule has 118 valence electrons. The van der Waals surface area contributed by atoms with E-state index in [0.29, 0.717) is 17.3 Å². The number of aliphatic hydroxyl groups is 1. The lowest BCUT2D eigenvalue weighted by Crippen LogP contribution is -2.32. The molecule has 0 radical (unpaired) electrons. The van der Waals surface area contributed by atoms with E-state index in [1.165, 1.54) is 5.56 Å². The fourth-order valence-corrected chi connectivity index (χ4v) is 2.33. The molecule has 2 aromatic carbocycles. The van der Waals surface area contributed by atoms with Gasteiger partial charge in [0.25, 0.3) is 0 Å². The van der Waals surface area contributed by atoms with Crippen LogP contribution in [0.15, 0.2) is 54.6 Å². The normalized spacial score (nSPS) is 12.1. The Morgan fingerprint density at radius 3 is 2.55 bits per heavy atom. The fraction of sp³-hybridized carbons (Fsp3) is 0.333. The molecule has 3 nitrogen and oxygen atoms in total. The summed E-state index contributed by atoms with van der Waals surface area (Å²) >= 11 is 5.99. The van der Waals surface area contributed by atoms with Crippen molar-refractivity contribution < 1.29 is 9.84 Å². The van der Waals surface area contributed by atoms with E-state index in [1.807, 2.05) is 18.2 Å². The Balaban J connectivity index is 1.56. The molecule has 0 aromatic heterocycles. The Kier molecular flexibility index (Phi) is 7.23. The molecule has 2 aromatic rings. The molecule has 0 bridgehead atoms. The molecule has 0 heterocycles. The summed E-state index contributed by atoms with van der Waals surface area (Å²) in [6.45, 7) is 1.62. The Morgan fingerprint density at radius 2 is 1.77 bits per heavy atom. The maximum atomic E-state index is 9.89. The van der Waals surface area contributed by atoms with E-state index < -0.39 is 6.10 Å². The molecule has 0 saturated heterocycles. The zero-order valence-electron chi connectivity index (χ0n) is 12.5. The number of aryl methyl sites for hydroxylation is 1. The van der Waals surface area contributed by atoms with E-state index in [1.54, 1.807) is 12.1 Å². The van der Waals surface area contributed by atoms with Gasteiger partial charge >= 0.3 is 0 Å². The summed E-state index contributed by atoms with van der Waals surface area (Å²) in [5.74, 6) is 0.604. The highest BCUT2D eigenvalue weighted by Gasteiger charge is 2.06. The largest absolute Gasteiger partial charge is 0.489 e. The van der Waals surface area contributed by atoms with E-state index in [2.05, 4.69) is 29.6 Å². The molecular formula is C18H22ClNO2.